The van der Waals surface area contributed by atoms with Crippen molar-refractivity contribution in [2.75, 3.05) is 5.33 Å². The van der Waals surface area contributed by atoms with Crippen LogP contribution in [-0.2, 0) is 0 Å². The molecule has 3 N–H and O–H groups in total. The van der Waals surface area contributed by atoms with Gasteiger partial charge in [-0.1, -0.05) is 47.5 Å². The van der Waals surface area contributed by atoms with Crippen LogP contribution in [0.3, 0.4) is 0 Å². The van der Waals surface area contributed by atoms with E-state index in [1.807, 2.05) is 20.8 Å². The Kier molecular flexibility index (Phi) is 6.86. The number of halogens is 1. The van der Waals surface area contributed by atoms with Crippen molar-refractivity contribution in [3.8, 4) is 0 Å². The Hall–Kier alpha value is -1.22. The van der Waals surface area contributed by atoms with Crippen LogP contribution >= 0.6 is 15.9 Å². The van der Waals surface area contributed by atoms with Gasteiger partial charge in [0.1, 0.15) is 0 Å². The average Bonchev–Trinajstić information content (AvgIpc) is 2.84. The molecule has 0 atom stereocenters. The van der Waals surface area contributed by atoms with Crippen LogP contribution in [0.4, 0.5) is 0 Å². The molecular formula is C17H25BrN2. The molecule has 0 unspecified atom stereocenters. The summed E-state index contributed by atoms with van der Waals surface area (Å²) in [7, 11) is 0. The highest BCUT2D eigenvalue weighted by Gasteiger charge is 2.12. The van der Waals surface area contributed by atoms with Crippen LogP contribution in [0.25, 0.3) is 17.7 Å². The summed E-state index contributed by atoms with van der Waals surface area (Å²) in [5, 5.41) is 3.26. The highest BCUT2D eigenvalue weighted by atomic mass is 79.9. The number of hydrogen-bond acceptors (Lipinski definition) is 1. The number of H-pyrrole nitrogens is 1. The molecule has 0 aliphatic heterocycles. The Morgan fingerprint density at radius 1 is 1.35 bits per heavy atom. The fourth-order valence-electron chi connectivity index (χ4n) is 2.32. The van der Waals surface area contributed by atoms with Crippen LogP contribution in [0.5, 0.6) is 0 Å². The first kappa shape index (κ1) is 16.8. The van der Waals surface area contributed by atoms with Gasteiger partial charge >= 0.3 is 0 Å². The average molecular weight is 337 g/mol. The van der Waals surface area contributed by atoms with Crippen molar-refractivity contribution in [1.82, 2.24) is 4.98 Å². The Morgan fingerprint density at radius 2 is 2.05 bits per heavy atom. The Bertz CT molecular complexity index is 618. The molecule has 1 aliphatic carbocycles. The number of aromatic amines is 1. The third kappa shape index (κ3) is 3.89. The van der Waals surface area contributed by atoms with Crippen molar-refractivity contribution in [3.63, 3.8) is 0 Å². The molecule has 0 bridgehead atoms. The molecular weight excluding hydrogens is 312 g/mol. The maximum atomic E-state index is 6.13. The number of hydrogen-bond donors (Lipinski definition) is 2. The predicted molar refractivity (Wildman–Crippen MR) is 93.9 cm³/mol. The van der Waals surface area contributed by atoms with Crippen molar-refractivity contribution in [1.29, 1.82) is 0 Å². The van der Waals surface area contributed by atoms with E-state index in [1.165, 1.54) is 16.4 Å². The van der Waals surface area contributed by atoms with Gasteiger partial charge in [-0.15, -0.1) is 0 Å². The maximum absolute atomic E-state index is 6.13. The van der Waals surface area contributed by atoms with Crippen LogP contribution < -0.4 is 16.3 Å². The molecule has 0 fully saturated rings. The molecule has 1 aliphatic rings. The van der Waals surface area contributed by atoms with Gasteiger partial charge in [0.05, 0.1) is 0 Å². The zero-order valence-corrected chi connectivity index (χ0v) is 14.5. The highest BCUT2D eigenvalue weighted by Crippen LogP contribution is 2.27. The van der Waals surface area contributed by atoms with Crippen LogP contribution in [0.1, 0.15) is 46.2 Å². The number of allylic oxidation sites excluding steroid dienone is 3. The summed E-state index contributed by atoms with van der Waals surface area (Å²) in [6, 6.07) is 2.19. The first-order valence-corrected chi connectivity index (χ1v) is 8.35. The molecule has 1 aromatic rings. The molecule has 0 spiro atoms. The van der Waals surface area contributed by atoms with Gasteiger partial charge in [0.2, 0.25) is 0 Å². The van der Waals surface area contributed by atoms with Crippen molar-refractivity contribution >= 4 is 33.7 Å². The van der Waals surface area contributed by atoms with Crippen molar-refractivity contribution in [2.24, 2.45) is 5.73 Å². The molecule has 20 heavy (non-hydrogen) atoms. The topological polar surface area (TPSA) is 41.8 Å². The van der Waals surface area contributed by atoms with E-state index >= 15 is 0 Å². The first-order chi connectivity index (χ1) is 9.65. The normalized spacial score (nSPS) is 16.9. The van der Waals surface area contributed by atoms with Gasteiger partial charge < -0.3 is 10.7 Å². The molecule has 0 saturated heterocycles. The van der Waals surface area contributed by atoms with Gasteiger partial charge in [0.25, 0.3) is 0 Å². The van der Waals surface area contributed by atoms with Crippen LogP contribution in [0.2, 0.25) is 0 Å². The van der Waals surface area contributed by atoms with Gasteiger partial charge in [-0.05, 0) is 49.6 Å². The van der Waals surface area contributed by atoms with E-state index in [1.54, 1.807) is 0 Å². The molecule has 0 aromatic carbocycles. The second-order valence-electron chi connectivity index (χ2n) is 4.62. The summed E-state index contributed by atoms with van der Waals surface area (Å²) in [4.78, 5) is 3.46. The number of alkyl halides is 1. The van der Waals surface area contributed by atoms with E-state index in [4.69, 9.17) is 5.73 Å². The first-order valence-electron chi connectivity index (χ1n) is 7.23. The molecule has 0 saturated carbocycles. The van der Waals surface area contributed by atoms with Crippen molar-refractivity contribution in [2.45, 2.75) is 40.5 Å². The second-order valence-corrected chi connectivity index (χ2v) is 5.27. The lowest BCUT2D eigenvalue weighted by Crippen LogP contribution is -2.21. The Balaban J connectivity index is 0.000000956. The predicted octanol–water partition coefficient (Wildman–Crippen LogP) is 3.43. The van der Waals surface area contributed by atoms with Crippen LogP contribution in [-0.4, -0.2) is 10.3 Å². The fourth-order valence-corrected chi connectivity index (χ4v) is 2.67. The summed E-state index contributed by atoms with van der Waals surface area (Å²) < 4.78 is 0. The van der Waals surface area contributed by atoms with Gasteiger partial charge in [-0.25, -0.2) is 0 Å². The monoisotopic (exact) mass is 336 g/mol. The van der Waals surface area contributed by atoms with Gasteiger partial charge in [0.15, 0.2) is 0 Å². The number of nitrogens with two attached hydrogens (primary N) is 1. The summed E-state index contributed by atoms with van der Waals surface area (Å²) >= 11 is 3.44. The lowest BCUT2D eigenvalue weighted by molar-refractivity contribution is 0.951. The largest absolute Gasteiger partial charge is 0.398 e. The third-order valence-corrected chi connectivity index (χ3v) is 3.63. The lowest BCUT2D eigenvalue weighted by atomic mass is 9.95. The van der Waals surface area contributed by atoms with E-state index in [2.05, 4.69) is 52.1 Å². The summed E-state index contributed by atoms with van der Waals surface area (Å²) in [6.07, 6.45) is 8.46. The van der Waals surface area contributed by atoms with E-state index in [0.29, 0.717) is 0 Å². The van der Waals surface area contributed by atoms with E-state index in [-0.39, 0.29) is 0 Å². The summed E-state index contributed by atoms with van der Waals surface area (Å²) in [6.45, 7) is 8.18. The summed E-state index contributed by atoms with van der Waals surface area (Å²) in [5.74, 6) is 0. The zero-order chi connectivity index (χ0) is 15.1. The second kappa shape index (κ2) is 8.15. The minimum Gasteiger partial charge on any atom is -0.398 e. The van der Waals surface area contributed by atoms with Crippen molar-refractivity contribution < 1.29 is 0 Å². The minimum absolute atomic E-state index is 0.860. The highest BCUT2D eigenvalue weighted by molar-refractivity contribution is 9.09. The lowest BCUT2D eigenvalue weighted by Gasteiger charge is -2.14. The minimum atomic E-state index is 0.860. The number of aromatic nitrogens is 1. The molecule has 1 heterocycles. The summed E-state index contributed by atoms with van der Waals surface area (Å²) in [5.41, 5.74) is 10.8. The van der Waals surface area contributed by atoms with E-state index in [0.717, 1.165) is 34.9 Å². The molecule has 2 nitrogen and oxygen atoms in total. The number of rotatable bonds is 2. The molecule has 110 valence electrons. The van der Waals surface area contributed by atoms with E-state index < -0.39 is 0 Å². The standard InChI is InChI=1S/C15H19BrN2.C2H6/c1-3-14-11(6-7-16)9-15(18-14)12-5-4-10(2)8-13(12)17;1-2/h3,6,8-9,18H,4-5,7,17H2,1-2H3;1-2H3/b11-6-,14-3+;. The Labute approximate surface area is 130 Å². The molecule has 3 heteroatoms. The quantitative estimate of drug-likeness (QED) is 0.798. The molecule has 2 rings (SSSR count). The molecule has 1 aromatic heterocycles. The van der Waals surface area contributed by atoms with E-state index in [9.17, 15) is 0 Å². The molecule has 0 radical (unpaired) electrons. The maximum Gasteiger partial charge on any atom is 0.0444 e. The third-order valence-electron chi connectivity index (χ3n) is 3.31. The van der Waals surface area contributed by atoms with Crippen molar-refractivity contribution in [3.05, 3.63) is 39.7 Å². The van der Waals surface area contributed by atoms with Gasteiger partial charge in [-0.3, -0.25) is 0 Å². The SMILES string of the molecule is C/C=c1/[nH]c(C2=C(N)C=C(C)CC2)c/c1=C/CBr.CC. The number of nitrogens with one attached hydrogen (secondary N) is 1. The van der Waals surface area contributed by atoms with Gasteiger partial charge in [0, 0.05) is 22.1 Å². The van der Waals surface area contributed by atoms with Crippen LogP contribution in [0, 0.1) is 0 Å². The van der Waals surface area contributed by atoms with Gasteiger partial charge in [-0.2, -0.15) is 0 Å². The van der Waals surface area contributed by atoms with Crippen LogP contribution in [0.15, 0.2) is 23.4 Å². The smallest absolute Gasteiger partial charge is 0.0444 e. The fraction of sp³-hybridized carbons (Fsp3) is 0.412. The zero-order valence-electron chi connectivity index (χ0n) is 12.9. The molecule has 0 amide bonds. The Morgan fingerprint density at radius 3 is 2.60 bits per heavy atom.